The van der Waals surface area contributed by atoms with Gasteiger partial charge < -0.3 is 35.2 Å². The van der Waals surface area contributed by atoms with Gasteiger partial charge >= 0.3 is 0 Å². The number of ketones is 2. The molecule has 50 heavy (non-hydrogen) atoms. The second kappa shape index (κ2) is 13.2. The molecule has 0 radical (unpaired) electrons. The Kier molecular flexibility index (Phi) is 9.38. The van der Waals surface area contributed by atoms with Crippen LogP contribution in [0.5, 0.6) is 11.5 Å². The number of likely N-dealkylation sites (N-methyl/N-ethyl adjacent to an activating group) is 1. The fraction of sp³-hybridized carbons (Fsp3) is 0.513. The minimum absolute atomic E-state index is 0.0232. The number of hydrogen-bond donors (Lipinski definition) is 5. The Balaban J connectivity index is 1.45. The van der Waals surface area contributed by atoms with Gasteiger partial charge in [0.25, 0.3) is 5.91 Å². The third-order valence-corrected chi connectivity index (χ3v) is 10.7. The first kappa shape index (κ1) is 35.6. The topological polar surface area (TPSA) is 166 Å². The molecule has 0 aromatic heterocycles. The van der Waals surface area contributed by atoms with Crippen LogP contribution in [0.15, 0.2) is 47.2 Å². The number of amides is 1. The van der Waals surface area contributed by atoms with Crippen LogP contribution in [0.25, 0.3) is 16.9 Å². The van der Waals surface area contributed by atoms with Crippen molar-refractivity contribution >= 4 is 23.2 Å². The molecule has 0 heterocycles. The molecule has 5 N–H and O–H groups in total. The average Bonchev–Trinajstić information content (AvgIpc) is 3.05. The van der Waals surface area contributed by atoms with Gasteiger partial charge in [0.05, 0.1) is 31.4 Å². The molecule has 4 atom stereocenters. The maximum Gasteiger partial charge on any atom is 0.258 e. The van der Waals surface area contributed by atoms with Gasteiger partial charge in [-0.25, -0.2) is 0 Å². The number of fused-ring (bicyclic) bond motifs is 3. The lowest BCUT2D eigenvalue weighted by atomic mass is 9.57. The summed E-state index contributed by atoms with van der Waals surface area (Å²) < 4.78 is 12.0. The van der Waals surface area contributed by atoms with Gasteiger partial charge in [-0.3, -0.25) is 19.3 Å². The fourth-order valence-corrected chi connectivity index (χ4v) is 8.38. The van der Waals surface area contributed by atoms with E-state index in [0.29, 0.717) is 23.5 Å². The van der Waals surface area contributed by atoms with E-state index in [-0.39, 0.29) is 35.8 Å². The van der Waals surface area contributed by atoms with E-state index in [9.17, 15) is 34.8 Å². The Morgan fingerprint density at radius 3 is 2.36 bits per heavy atom. The standard InChI is InChI=1S/C39H48N2O9/c1-38(2,3)40-37(47)31-34(44)32(41(4)5)26-18-21-17-25-23(13-14-27(42)30(25)33(43)29(21)35(45)39(26,48)36(31)46)24-16-20(12-15-28(24)49-6)19-50-22-10-8-7-9-11-22/h12-16,21-22,26,32,42-43,46,48H,7-11,17-19H2,1-6H3,(H,40,47). The number of nitrogens with zero attached hydrogens (tertiary/aromatic N) is 1. The largest absolute Gasteiger partial charge is 0.508 e. The number of aliphatic hydroxyl groups is 3. The smallest absolute Gasteiger partial charge is 0.258 e. The number of carbonyl (C=O) groups excluding carboxylic acids is 3. The molecule has 2 saturated carbocycles. The molecule has 1 amide bonds. The second-order valence-electron chi connectivity index (χ2n) is 15.4. The highest BCUT2D eigenvalue weighted by Gasteiger charge is 2.64. The molecule has 0 saturated heterocycles. The maximum atomic E-state index is 14.4. The first-order chi connectivity index (χ1) is 23.6. The molecule has 0 spiro atoms. The predicted octanol–water partition coefficient (Wildman–Crippen LogP) is 4.92. The number of carbonyl (C=O) groups is 3. The summed E-state index contributed by atoms with van der Waals surface area (Å²) in [6, 6.07) is 7.85. The van der Waals surface area contributed by atoms with E-state index in [1.165, 1.54) is 17.4 Å². The Labute approximate surface area is 292 Å². The molecule has 4 aliphatic rings. The lowest BCUT2D eigenvalue weighted by Crippen LogP contribution is -2.66. The van der Waals surface area contributed by atoms with Crippen molar-refractivity contribution in [1.82, 2.24) is 10.2 Å². The van der Waals surface area contributed by atoms with Crippen LogP contribution < -0.4 is 10.1 Å². The van der Waals surface area contributed by atoms with Crippen molar-refractivity contribution in [1.29, 1.82) is 0 Å². The number of nitrogens with one attached hydrogen (secondary N) is 1. The van der Waals surface area contributed by atoms with Gasteiger partial charge in [-0.1, -0.05) is 31.4 Å². The summed E-state index contributed by atoms with van der Waals surface area (Å²) in [7, 11) is 4.79. The SMILES string of the molecule is COc1ccc(COC2CCCCC2)cc1-c1ccc(O)c2c1CC1CC3C(N(C)C)C(=O)C(C(=O)NC(C)(C)C)=C(O)C3(O)C(=O)C1=C2O. The molecule has 0 bridgehead atoms. The highest BCUT2D eigenvalue weighted by molar-refractivity contribution is 6.25. The normalized spacial score (nSPS) is 25.7. The Hall–Kier alpha value is -4.19. The third kappa shape index (κ3) is 5.99. The van der Waals surface area contributed by atoms with Crippen LogP contribution in [0.3, 0.4) is 0 Å². The average molecular weight is 689 g/mol. The molecule has 0 aliphatic heterocycles. The highest BCUT2D eigenvalue weighted by Crippen LogP contribution is 2.54. The number of phenols is 1. The number of phenolic OH excluding ortho intramolecular Hbond substituents is 1. The van der Waals surface area contributed by atoms with Crippen LogP contribution in [0, 0.1) is 11.8 Å². The van der Waals surface area contributed by atoms with Gasteiger partial charge in [-0.15, -0.1) is 0 Å². The van der Waals surface area contributed by atoms with Crippen LogP contribution in [0.2, 0.25) is 0 Å². The molecule has 268 valence electrons. The number of rotatable bonds is 7. The summed E-state index contributed by atoms with van der Waals surface area (Å²) in [6.07, 6.45) is 6.05. The van der Waals surface area contributed by atoms with Crippen molar-refractivity contribution < 1.29 is 44.3 Å². The van der Waals surface area contributed by atoms with Crippen molar-refractivity contribution in [3.05, 3.63) is 63.9 Å². The van der Waals surface area contributed by atoms with Crippen molar-refractivity contribution in [3.8, 4) is 22.6 Å². The summed E-state index contributed by atoms with van der Waals surface area (Å²) in [5, 5.41) is 49.3. The molecule has 6 rings (SSSR count). The first-order valence-corrected chi connectivity index (χ1v) is 17.4. The van der Waals surface area contributed by atoms with Gasteiger partial charge in [-0.2, -0.15) is 0 Å². The second-order valence-corrected chi connectivity index (χ2v) is 15.4. The third-order valence-electron chi connectivity index (χ3n) is 10.7. The monoisotopic (exact) mass is 688 g/mol. The van der Waals surface area contributed by atoms with Crippen LogP contribution in [-0.2, 0) is 32.1 Å². The van der Waals surface area contributed by atoms with E-state index >= 15 is 0 Å². The lowest BCUT2D eigenvalue weighted by Gasteiger charge is -2.50. The Morgan fingerprint density at radius 2 is 1.72 bits per heavy atom. The molecule has 11 nitrogen and oxygen atoms in total. The summed E-state index contributed by atoms with van der Waals surface area (Å²) in [5.41, 5.74) is -1.36. The van der Waals surface area contributed by atoms with E-state index in [0.717, 1.165) is 36.8 Å². The predicted molar refractivity (Wildman–Crippen MR) is 187 cm³/mol. The molecule has 4 aliphatic carbocycles. The molecular weight excluding hydrogens is 640 g/mol. The van der Waals surface area contributed by atoms with Gasteiger partial charge in [0.2, 0.25) is 5.78 Å². The minimum atomic E-state index is -2.67. The van der Waals surface area contributed by atoms with E-state index < -0.39 is 63.6 Å². The Bertz CT molecular complexity index is 1800. The van der Waals surface area contributed by atoms with Crippen molar-refractivity contribution in [2.75, 3.05) is 21.2 Å². The van der Waals surface area contributed by atoms with Crippen LogP contribution in [0.4, 0.5) is 0 Å². The number of aliphatic hydroxyl groups excluding tert-OH is 2. The van der Waals surface area contributed by atoms with Crippen LogP contribution in [-0.4, -0.2) is 87.3 Å². The molecule has 2 aromatic rings. The van der Waals surface area contributed by atoms with Gasteiger partial charge in [-0.05, 0) is 101 Å². The zero-order valence-electron chi connectivity index (χ0n) is 29.6. The zero-order chi connectivity index (χ0) is 36.3. The summed E-state index contributed by atoms with van der Waals surface area (Å²) in [5.74, 6) is -5.69. The summed E-state index contributed by atoms with van der Waals surface area (Å²) in [6.45, 7) is 5.52. The van der Waals surface area contributed by atoms with Crippen LogP contribution >= 0.6 is 0 Å². The van der Waals surface area contributed by atoms with E-state index in [1.54, 1.807) is 48.0 Å². The number of methoxy groups -OCH3 is 1. The number of aromatic hydroxyl groups is 1. The number of benzene rings is 2. The quantitative estimate of drug-likeness (QED) is 0.252. The van der Waals surface area contributed by atoms with Gasteiger partial charge in [0.15, 0.2) is 11.4 Å². The van der Waals surface area contributed by atoms with E-state index in [2.05, 4.69) is 5.32 Å². The number of Topliss-reactive ketones (excluding diaryl/α,β-unsaturated/α-hetero) is 2. The maximum absolute atomic E-state index is 14.4. The molecular formula is C39H48N2O9. The first-order valence-electron chi connectivity index (χ1n) is 17.4. The van der Waals surface area contributed by atoms with E-state index in [4.69, 9.17) is 9.47 Å². The van der Waals surface area contributed by atoms with Crippen molar-refractivity contribution in [3.63, 3.8) is 0 Å². The van der Waals surface area contributed by atoms with Crippen molar-refractivity contribution in [2.45, 2.75) is 95.6 Å². The minimum Gasteiger partial charge on any atom is -0.508 e. The zero-order valence-corrected chi connectivity index (χ0v) is 29.6. The molecule has 2 aromatic carbocycles. The van der Waals surface area contributed by atoms with Gasteiger partial charge in [0, 0.05) is 22.6 Å². The van der Waals surface area contributed by atoms with Gasteiger partial charge in [0.1, 0.15) is 28.6 Å². The lowest BCUT2D eigenvalue weighted by molar-refractivity contribution is -0.153. The van der Waals surface area contributed by atoms with E-state index in [1.807, 2.05) is 18.2 Å². The van der Waals surface area contributed by atoms with Crippen molar-refractivity contribution in [2.24, 2.45) is 11.8 Å². The molecule has 2 fully saturated rings. The molecule has 4 unspecified atom stereocenters. The highest BCUT2D eigenvalue weighted by atomic mass is 16.5. The fourth-order valence-electron chi connectivity index (χ4n) is 8.38. The number of hydrogen-bond acceptors (Lipinski definition) is 10. The summed E-state index contributed by atoms with van der Waals surface area (Å²) >= 11 is 0. The summed E-state index contributed by atoms with van der Waals surface area (Å²) in [4.78, 5) is 43.2. The van der Waals surface area contributed by atoms with Crippen LogP contribution in [0.1, 0.15) is 76.0 Å². The molecule has 11 heteroatoms. The number of ether oxygens (including phenoxy) is 2. The Morgan fingerprint density at radius 1 is 1.02 bits per heavy atom.